The summed E-state index contributed by atoms with van der Waals surface area (Å²) in [6.45, 7) is 2.41. The minimum atomic E-state index is 0.863. The SMILES string of the molecule is CNCCCN(C)C1CCCCCCC1. The molecule has 1 aliphatic rings. The Hall–Kier alpha value is -0.0800. The van der Waals surface area contributed by atoms with E-state index in [-0.39, 0.29) is 0 Å². The van der Waals surface area contributed by atoms with E-state index in [1.807, 2.05) is 7.05 Å². The standard InChI is InChI=1S/C13H28N2/c1-14-11-8-12-15(2)13-9-6-4-3-5-7-10-13/h13-14H,3-12H2,1-2H3. The molecule has 0 heterocycles. The van der Waals surface area contributed by atoms with E-state index >= 15 is 0 Å². The molecule has 0 amide bonds. The van der Waals surface area contributed by atoms with Gasteiger partial charge in [-0.05, 0) is 46.4 Å². The molecule has 2 heteroatoms. The highest BCUT2D eigenvalue weighted by atomic mass is 15.1. The van der Waals surface area contributed by atoms with Gasteiger partial charge in [0.2, 0.25) is 0 Å². The van der Waals surface area contributed by atoms with E-state index in [2.05, 4.69) is 17.3 Å². The van der Waals surface area contributed by atoms with Crippen LogP contribution in [0.25, 0.3) is 0 Å². The molecule has 1 saturated carbocycles. The summed E-state index contributed by atoms with van der Waals surface area (Å²) >= 11 is 0. The van der Waals surface area contributed by atoms with Gasteiger partial charge >= 0.3 is 0 Å². The summed E-state index contributed by atoms with van der Waals surface area (Å²) in [5.41, 5.74) is 0. The van der Waals surface area contributed by atoms with Gasteiger partial charge in [0.1, 0.15) is 0 Å². The van der Waals surface area contributed by atoms with Gasteiger partial charge in [-0.15, -0.1) is 0 Å². The molecule has 0 saturated heterocycles. The molecule has 0 aromatic heterocycles. The van der Waals surface area contributed by atoms with E-state index in [0.717, 1.165) is 12.6 Å². The Morgan fingerprint density at radius 3 is 2.27 bits per heavy atom. The minimum absolute atomic E-state index is 0.863. The van der Waals surface area contributed by atoms with Gasteiger partial charge in [-0.1, -0.05) is 32.1 Å². The third kappa shape index (κ3) is 5.53. The van der Waals surface area contributed by atoms with Crippen LogP contribution in [-0.2, 0) is 0 Å². The second kappa shape index (κ2) is 8.12. The van der Waals surface area contributed by atoms with Gasteiger partial charge in [0, 0.05) is 6.04 Å². The summed E-state index contributed by atoms with van der Waals surface area (Å²) < 4.78 is 0. The molecule has 90 valence electrons. The Bertz CT molecular complexity index is 139. The molecule has 15 heavy (non-hydrogen) atoms. The van der Waals surface area contributed by atoms with Crippen LogP contribution >= 0.6 is 0 Å². The van der Waals surface area contributed by atoms with Gasteiger partial charge in [-0.2, -0.15) is 0 Å². The molecular weight excluding hydrogens is 184 g/mol. The van der Waals surface area contributed by atoms with Gasteiger partial charge in [-0.3, -0.25) is 0 Å². The van der Waals surface area contributed by atoms with Crippen molar-refractivity contribution in [3.63, 3.8) is 0 Å². The maximum absolute atomic E-state index is 3.22. The first kappa shape index (κ1) is 13.0. The first-order valence-corrected chi connectivity index (χ1v) is 6.69. The zero-order valence-corrected chi connectivity index (χ0v) is 10.6. The van der Waals surface area contributed by atoms with Crippen LogP contribution < -0.4 is 5.32 Å². The van der Waals surface area contributed by atoms with Crippen LogP contribution in [0.5, 0.6) is 0 Å². The Kier molecular flexibility index (Phi) is 7.03. The number of rotatable bonds is 5. The van der Waals surface area contributed by atoms with Crippen molar-refractivity contribution in [1.82, 2.24) is 10.2 Å². The van der Waals surface area contributed by atoms with E-state index in [1.54, 1.807) is 0 Å². The molecule has 2 nitrogen and oxygen atoms in total. The van der Waals surface area contributed by atoms with E-state index in [4.69, 9.17) is 0 Å². The van der Waals surface area contributed by atoms with Crippen molar-refractivity contribution in [2.24, 2.45) is 0 Å². The van der Waals surface area contributed by atoms with Crippen LogP contribution in [0.3, 0.4) is 0 Å². The lowest BCUT2D eigenvalue weighted by Crippen LogP contribution is -2.34. The van der Waals surface area contributed by atoms with Crippen molar-refractivity contribution in [2.45, 2.75) is 57.4 Å². The predicted molar refractivity (Wildman–Crippen MR) is 67.3 cm³/mol. The molecule has 1 rings (SSSR count). The Balaban J connectivity index is 2.19. The molecular formula is C13H28N2. The average molecular weight is 212 g/mol. The smallest absolute Gasteiger partial charge is 0.00922 e. The van der Waals surface area contributed by atoms with E-state index in [0.29, 0.717) is 0 Å². The lowest BCUT2D eigenvalue weighted by atomic mass is 9.96. The lowest BCUT2D eigenvalue weighted by Gasteiger charge is -2.29. The van der Waals surface area contributed by atoms with Crippen LogP contribution in [0, 0.1) is 0 Å². The highest BCUT2D eigenvalue weighted by Crippen LogP contribution is 2.20. The molecule has 0 bridgehead atoms. The zero-order valence-electron chi connectivity index (χ0n) is 10.6. The number of hydrogen-bond donors (Lipinski definition) is 1. The Morgan fingerprint density at radius 2 is 1.67 bits per heavy atom. The summed E-state index contributed by atoms with van der Waals surface area (Å²) in [6, 6.07) is 0.863. The van der Waals surface area contributed by atoms with Gasteiger partial charge in [0.25, 0.3) is 0 Å². The average Bonchev–Trinajstić information content (AvgIpc) is 2.17. The van der Waals surface area contributed by atoms with Gasteiger partial charge in [0.15, 0.2) is 0 Å². The number of hydrogen-bond acceptors (Lipinski definition) is 2. The summed E-state index contributed by atoms with van der Waals surface area (Å²) in [4.78, 5) is 2.59. The first-order chi connectivity index (χ1) is 7.34. The van der Waals surface area contributed by atoms with Gasteiger partial charge in [-0.25, -0.2) is 0 Å². The largest absolute Gasteiger partial charge is 0.320 e. The molecule has 0 aliphatic heterocycles. The van der Waals surface area contributed by atoms with Crippen molar-refractivity contribution >= 4 is 0 Å². The molecule has 0 spiro atoms. The van der Waals surface area contributed by atoms with Crippen LogP contribution in [0.2, 0.25) is 0 Å². The van der Waals surface area contributed by atoms with Crippen LogP contribution in [0.15, 0.2) is 0 Å². The van der Waals surface area contributed by atoms with Crippen LogP contribution in [0.1, 0.15) is 51.4 Å². The third-order valence-electron chi connectivity index (χ3n) is 3.64. The molecule has 0 atom stereocenters. The second-order valence-corrected chi connectivity index (χ2v) is 4.94. The second-order valence-electron chi connectivity index (χ2n) is 4.94. The number of nitrogens with zero attached hydrogens (tertiary/aromatic N) is 1. The van der Waals surface area contributed by atoms with Crippen molar-refractivity contribution in [3.8, 4) is 0 Å². The minimum Gasteiger partial charge on any atom is -0.320 e. The fraction of sp³-hybridized carbons (Fsp3) is 1.00. The monoisotopic (exact) mass is 212 g/mol. The van der Waals surface area contributed by atoms with Gasteiger partial charge < -0.3 is 10.2 Å². The highest BCUT2D eigenvalue weighted by molar-refractivity contribution is 4.71. The molecule has 0 aromatic rings. The van der Waals surface area contributed by atoms with Crippen molar-refractivity contribution in [2.75, 3.05) is 27.2 Å². The molecule has 0 radical (unpaired) electrons. The number of nitrogens with one attached hydrogen (secondary N) is 1. The van der Waals surface area contributed by atoms with E-state index in [9.17, 15) is 0 Å². The fourth-order valence-corrected chi connectivity index (χ4v) is 2.56. The van der Waals surface area contributed by atoms with Crippen molar-refractivity contribution in [1.29, 1.82) is 0 Å². The maximum Gasteiger partial charge on any atom is 0.00922 e. The van der Waals surface area contributed by atoms with E-state index < -0.39 is 0 Å². The normalized spacial score (nSPS) is 20.2. The first-order valence-electron chi connectivity index (χ1n) is 6.69. The topological polar surface area (TPSA) is 15.3 Å². The highest BCUT2D eigenvalue weighted by Gasteiger charge is 2.15. The summed E-state index contributed by atoms with van der Waals surface area (Å²) in [5, 5.41) is 3.22. The summed E-state index contributed by atoms with van der Waals surface area (Å²) in [6.07, 6.45) is 11.4. The molecule has 1 fully saturated rings. The Labute approximate surface area is 95.4 Å². The quantitative estimate of drug-likeness (QED) is 0.705. The molecule has 1 N–H and O–H groups in total. The van der Waals surface area contributed by atoms with Gasteiger partial charge in [0.05, 0.1) is 0 Å². The maximum atomic E-state index is 3.22. The predicted octanol–water partition coefficient (Wildman–Crippen LogP) is 2.64. The third-order valence-corrected chi connectivity index (χ3v) is 3.64. The summed E-state index contributed by atoms with van der Waals surface area (Å²) in [7, 11) is 4.34. The summed E-state index contributed by atoms with van der Waals surface area (Å²) in [5.74, 6) is 0. The fourth-order valence-electron chi connectivity index (χ4n) is 2.56. The lowest BCUT2D eigenvalue weighted by molar-refractivity contribution is 0.201. The van der Waals surface area contributed by atoms with E-state index in [1.165, 1.54) is 57.9 Å². The van der Waals surface area contributed by atoms with Crippen molar-refractivity contribution < 1.29 is 0 Å². The van der Waals surface area contributed by atoms with Crippen LogP contribution in [-0.4, -0.2) is 38.1 Å². The molecule has 0 unspecified atom stereocenters. The molecule has 1 aliphatic carbocycles. The Morgan fingerprint density at radius 1 is 1.07 bits per heavy atom. The zero-order chi connectivity index (χ0) is 10.9. The van der Waals surface area contributed by atoms with Crippen molar-refractivity contribution in [3.05, 3.63) is 0 Å². The molecule has 0 aromatic carbocycles. The van der Waals surface area contributed by atoms with Crippen LogP contribution in [0.4, 0.5) is 0 Å².